The number of hydrogen-bond donors (Lipinski definition) is 2. The van der Waals surface area contributed by atoms with Crippen LogP contribution in [0.3, 0.4) is 0 Å². The van der Waals surface area contributed by atoms with E-state index in [1.807, 2.05) is 30.3 Å². The first-order valence-corrected chi connectivity index (χ1v) is 9.13. The lowest BCUT2D eigenvalue weighted by Crippen LogP contribution is -2.41. The van der Waals surface area contributed by atoms with E-state index in [1.54, 1.807) is 29.2 Å². The van der Waals surface area contributed by atoms with Crippen LogP contribution in [0.1, 0.15) is 28.8 Å². The molecule has 0 spiro atoms. The molecule has 0 fully saturated rings. The fraction of sp³-hybridized carbons (Fsp3) is 0.250. The van der Waals surface area contributed by atoms with E-state index in [4.69, 9.17) is 0 Å². The molecule has 1 aliphatic rings. The summed E-state index contributed by atoms with van der Waals surface area (Å²) in [7, 11) is 0. The fourth-order valence-electron chi connectivity index (χ4n) is 3.04. The van der Waals surface area contributed by atoms with Gasteiger partial charge in [0.2, 0.25) is 0 Å². The first-order chi connectivity index (χ1) is 12.6. The van der Waals surface area contributed by atoms with Gasteiger partial charge in [-0.25, -0.2) is 4.79 Å². The second-order valence-corrected chi connectivity index (χ2v) is 6.49. The minimum Gasteiger partial charge on any atom is -0.480 e. The molecule has 2 aromatic rings. The summed E-state index contributed by atoms with van der Waals surface area (Å²) in [6.45, 7) is 0. The number of amidine groups is 1. The Morgan fingerprint density at radius 1 is 1.08 bits per heavy atom. The van der Waals surface area contributed by atoms with Crippen molar-refractivity contribution in [3.05, 3.63) is 65.7 Å². The van der Waals surface area contributed by atoms with Crippen LogP contribution in [0, 0.1) is 0 Å². The zero-order chi connectivity index (χ0) is 18.5. The van der Waals surface area contributed by atoms with Crippen molar-refractivity contribution in [3.63, 3.8) is 0 Å². The zero-order valence-corrected chi connectivity index (χ0v) is 15.1. The average molecular weight is 368 g/mol. The lowest BCUT2D eigenvalue weighted by Gasteiger charge is -2.31. The predicted octanol–water partition coefficient (Wildman–Crippen LogP) is 3.45. The van der Waals surface area contributed by atoms with Gasteiger partial charge >= 0.3 is 5.97 Å². The molecule has 1 aliphatic heterocycles. The third-order valence-electron chi connectivity index (χ3n) is 4.32. The summed E-state index contributed by atoms with van der Waals surface area (Å²) in [6, 6.07) is 15.7. The molecule has 0 aliphatic carbocycles. The van der Waals surface area contributed by atoms with Crippen molar-refractivity contribution >= 4 is 36.0 Å². The molecule has 0 saturated carbocycles. The number of rotatable bonds is 5. The lowest BCUT2D eigenvalue weighted by atomic mass is 9.99. The summed E-state index contributed by atoms with van der Waals surface area (Å²) >= 11 is 4.12. The van der Waals surface area contributed by atoms with Gasteiger partial charge in [0, 0.05) is 12.0 Å². The van der Waals surface area contributed by atoms with Gasteiger partial charge in [-0.1, -0.05) is 36.4 Å². The molecule has 26 heavy (non-hydrogen) atoms. The Morgan fingerprint density at radius 2 is 1.77 bits per heavy atom. The Bertz CT molecular complexity index is 836. The van der Waals surface area contributed by atoms with Gasteiger partial charge in [0.1, 0.15) is 11.9 Å². The molecule has 1 amide bonds. The third-order valence-corrected chi connectivity index (χ3v) is 4.58. The van der Waals surface area contributed by atoms with Crippen LogP contribution < -0.4 is 4.90 Å². The van der Waals surface area contributed by atoms with E-state index < -0.39 is 12.0 Å². The summed E-state index contributed by atoms with van der Waals surface area (Å²) in [4.78, 5) is 30.7. The SMILES string of the molecule is O=C(O)[C@H](CCS)N=C1CCc2ccccc2N1C(=O)c1ccccc1. The number of aliphatic imine (C=N–C) groups is 1. The Hall–Kier alpha value is -2.60. The molecular formula is C20H20N2O3S. The minimum absolute atomic E-state index is 0.202. The smallest absolute Gasteiger partial charge is 0.328 e. The molecule has 0 unspecified atom stereocenters. The molecule has 0 aromatic heterocycles. The van der Waals surface area contributed by atoms with Gasteiger partial charge in [-0.2, -0.15) is 12.6 Å². The zero-order valence-electron chi connectivity index (χ0n) is 14.2. The number of carbonyl (C=O) groups is 2. The van der Waals surface area contributed by atoms with Crippen LogP contribution >= 0.6 is 12.6 Å². The van der Waals surface area contributed by atoms with Crippen LogP contribution in [0.5, 0.6) is 0 Å². The monoisotopic (exact) mass is 368 g/mol. The van der Waals surface area contributed by atoms with Crippen LogP contribution in [0.25, 0.3) is 0 Å². The Kier molecular flexibility index (Phi) is 5.73. The largest absolute Gasteiger partial charge is 0.480 e. The number of carboxylic acid groups (broad SMARTS) is 1. The molecule has 1 atom stereocenters. The summed E-state index contributed by atoms with van der Waals surface area (Å²) in [5.41, 5.74) is 2.36. The highest BCUT2D eigenvalue weighted by atomic mass is 32.1. The van der Waals surface area contributed by atoms with Gasteiger partial charge < -0.3 is 5.11 Å². The van der Waals surface area contributed by atoms with E-state index in [0.29, 0.717) is 30.0 Å². The summed E-state index contributed by atoms with van der Waals surface area (Å²) in [5.74, 6) is -0.299. The highest BCUT2D eigenvalue weighted by Gasteiger charge is 2.30. The van der Waals surface area contributed by atoms with Crippen molar-refractivity contribution in [1.29, 1.82) is 0 Å². The normalized spacial score (nSPS) is 16.2. The number of thiol groups is 1. The van der Waals surface area contributed by atoms with Crippen LogP contribution in [-0.2, 0) is 11.2 Å². The van der Waals surface area contributed by atoms with Crippen molar-refractivity contribution < 1.29 is 14.7 Å². The van der Waals surface area contributed by atoms with Crippen LogP contribution in [-0.4, -0.2) is 34.6 Å². The maximum atomic E-state index is 13.2. The molecule has 5 nitrogen and oxygen atoms in total. The molecule has 6 heteroatoms. The molecule has 3 rings (SSSR count). The number of nitrogens with zero attached hydrogens (tertiary/aromatic N) is 2. The highest BCUT2D eigenvalue weighted by Crippen LogP contribution is 2.30. The number of aliphatic carboxylic acids is 1. The second-order valence-electron chi connectivity index (χ2n) is 6.05. The Balaban J connectivity index is 2.06. The number of carbonyl (C=O) groups excluding carboxylic acids is 1. The number of anilines is 1. The molecule has 0 radical (unpaired) electrons. The van der Waals surface area contributed by atoms with E-state index in [0.717, 1.165) is 17.7 Å². The van der Waals surface area contributed by atoms with Crippen LogP contribution in [0.15, 0.2) is 59.6 Å². The van der Waals surface area contributed by atoms with Gasteiger partial charge in [0.25, 0.3) is 5.91 Å². The fourth-order valence-corrected chi connectivity index (χ4v) is 3.29. The lowest BCUT2D eigenvalue weighted by molar-refractivity contribution is -0.138. The molecule has 2 aromatic carbocycles. The van der Waals surface area contributed by atoms with Crippen molar-refractivity contribution in [2.24, 2.45) is 4.99 Å². The highest BCUT2D eigenvalue weighted by molar-refractivity contribution is 7.80. The topological polar surface area (TPSA) is 70.0 Å². The maximum Gasteiger partial charge on any atom is 0.328 e. The van der Waals surface area contributed by atoms with Gasteiger partial charge in [0.05, 0.1) is 5.69 Å². The van der Waals surface area contributed by atoms with Gasteiger partial charge in [-0.05, 0) is 42.4 Å². The number of hydrogen-bond acceptors (Lipinski definition) is 4. The quantitative estimate of drug-likeness (QED) is 0.794. The first kappa shape index (κ1) is 18.2. The van der Waals surface area contributed by atoms with Crippen LogP contribution in [0.4, 0.5) is 5.69 Å². The van der Waals surface area contributed by atoms with Crippen molar-refractivity contribution in [1.82, 2.24) is 0 Å². The molecule has 0 bridgehead atoms. The predicted molar refractivity (Wildman–Crippen MR) is 105 cm³/mol. The van der Waals surface area contributed by atoms with E-state index in [9.17, 15) is 14.7 Å². The van der Waals surface area contributed by atoms with E-state index in [2.05, 4.69) is 17.6 Å². The number of aryl methyl sites for hydroxylation is 1. The average Bonchev–Trinajstić information content (AvgIpc) is 2.67. The summed E-state index contributed by atoms with van der Waals surface area (Å²) < 4.78 is 0. The molecule has 1 N–H and O–H groups in total. The van der Waals surface area contributed by atoms with Gasteiger partial charge in [0.15, 0.2) is 0 Å². The third kappa shape index (κ3) is 3.80. The number of fused-ring (bicyclic) bond motifs is 1. The van der Waals surface area contributed by atoms with E-state index >= 15 is 0 Å². The van der Waals surface area contributed by atoms with Crippen molar-refractivity contribution in [3.8, 4) is 0 Å². The van der Waals surface area contributed by atoms with E-state index in [1.165, 1.54) is 0 Å². The summed E-state index contributed by atoms with van der Waals surface area (Å²) in [5, 5.41) is 9.43. The summed E-state index contributed by atoms with van der Waals surface area (Å²) in [6.07, 6.45) is 1.56. The van der Waals surface area contributed by atoms with Crippen LogP contribution in [0.2, 0.25) is 0 Å². The molecule has 134 valence electrons. The van der Waals surface area contributed by atoms with Crippen molar-refractivity contribution in [2.75, 3.05) is 10.7 Å². The number of benzene rings is 2. The molecule has 1 heterocycles. The maximum absolute atomic E-state index is 13.2. The number of amides is 1. The standard InChI is InChI=1S/C20H20N2O3S/c23-19(15-7-2-1-3-8-15)22-17-9-5-4-6-14(17)10-11-18(22)21-16(12-13-26)20(24)25/h1-9,16,26H,10-13H2,(H,24,25)/t16-/m0/s1. The Morgan fingerprint density at radius 3 is 2.46 bits per heavy atom. The second kappa shape index (κ2) is 8.19. The molecular weight excluding hydrogens is 348 g/mol. The minimum atomic E-state index is -1.00. The Labute approximate surface area is 157 Å². The van der Waals surface area contributed by atoms with Crippen molar-refractivity contribution in [2.45, 2.75) is 25.3 Å². The first-order valence-electron chi connectivity index (χ1n) is 8.49. The number of para-hydroxylation sites is 1. The van der Waals surface area contributed by atoms with E-state index in [-0.39, 0.29) is 5.91 Å². The van der Waals surface area contributed by atoms with Gasteiger partial charge in [-0.3, -0.25) is 14.7 Å². The number of carboxylic acids is 1. The molecule has 0 saturated heterocycles. The van der Waals surface area contributed by atoms with Gasteiger partial charge in [-0.15, -0.1) is 0 Å².